The van der Waals surface area contributed by atoms with Crippen molar-refractivity contribution >= 4 is 17.5 Å². The van der Waals surface area contributed by atoms with Crippen molar-refractivity contribution in [3.63, 3.8) is 0 Å². The highest BCUT2D eigenvalue weighted by Gasteiger charge is 2.24. The highest BCUT2D eigenvalue weighted by molar-refractivity contribution is 5.70. The van der Waals surface area contributed by atoms with Gasteiger partial charge >= 0.3 is 5.97 Å². The van der Waals surface area contributed by atoms with Gasteiger partial charge < -0.3 is 10.0 Å². The van der Waals surface area contributed by atoms with Gasteiger partial charge in [-0.1, -0.05) is 0 Å². The van der Waals surface area contributed by atoms with E-state index in [1.807, 2.05) is 4.90 Å². The first kappa shape index (κ1) is 11.4. The van der Waals surface area contributed by atoms with Gasteiger partial charge in [-0.3, -0.25) is 4.79 Å². The van der Waals surface area contributed by atoms with E-state index in [-0.39, 0.29) is 5.92 Å². The Morgan fingerprint density at radius 3 is 2.82 bits per heavy atom. The summed E-state index contributed by atoms with van der Waals surface area (Å²) in [6.45, 7) is 8.32. The average Bonchev–Trinajstić information content (AvgIpc) is 2.39. The minimum absolute atomic E-state index is 0.240. The minimum Gasteiger partial charge on any atom is -0.481 e. The van der Waals surface area contributed by atoms with Gasteiger partial charge in [0.1, 0.15) is 5.82 Å². The molecule has 0 amide bonds. The molecule has 1 N–H and O–H groups in total. The second kappa shape index (κ2) is 4.83. The molecule has 1 fully saturated rings. The number of aromatic nitrogens is 1. The van der Waals surface area contributed by atoms with Crippen LogP contribution in [0.1, 0.15) is 12.8 Å². The maximum absolute atomic E-state index is 10.8. The molecule has 17 heavy (non-hydrogen) atoms. The molecule has 0 bridgehead atoms. The Hall–Kier alpha value is -2.09. The maximum atomic E-state index is 10.8. The van der Waals surface area contributed by atoms with Gasteiger partial charge in [-0.25, -0.2) is 9.83 Å². The summed E-state index contributed by atoms with van der Waals surface area (Å²) in [5.74, 6) is -0.190. The molecule has 2 rings (SSSR count). The van der Waals surface area contributed by atoms with Gasteiger partial charge in [0.25, 0.3) is 0 Å². The first-order valence-corrected chi connectivity index (χ1v) is 5.52. The van der Waals surface area contributed by atoms with E-state index in [2.05, 4.69) is 9.83 Å². The third-order valence-corrected chi connectivity index (χ3v) is 3.03. The van der Waals surface area contributed by atoms with Gasteiger partial charge in [0.05, 0.1) is 12.5 Å². The molecule has 0 aromatic carbocycles. The van der Waals surface area contributed by atoms with Crippen molar-refractivity contribution in [3.05, 3.63) is 29.7 Å². The molecule has 88 valence electrons. The maximum Gasteiger partial charge on any atom is 0.306 e. The number of anilines is 1. The van der Waals surface area contributed by atoms with Crippen molar-refractivity contribution in [1.29, 1.82) is 0 Å². The number of carboxylic acid groups (broad SMARTS) is 1. The molecule has 5 nitrogen and oxygen atoms in total. The number of aliphatic carboxylic acids is 1. The van der Waals surface area contributed by atoms with E-state index in [9.17, 15) is 4.79 Å². The molecule has 0 saturated carbocycles. The van der Waals surface area contributed by atoms with Crippen molar-refractivity contribution in [2.24, 2.45) is 5.92 Å². The van der Waals surface area contributed by atoms with E-state index >= 15 is 0 Å². The van der Waals surface area contributed by atoms with Crippen LogP contribution in [-0.2, 0) is 4.79 Å². The molecule has 0 atom stereocenters. The van der Waals surface area contributed by atoms with E-state index in [1.54, 1.807) is 18.3 Å². The van der Waals surface area contributed by atoms with Crippen LogP contribution >= 0.6 is 0 Å². The minimum atomic E-state index is -0.715. The summed E-state index contributed by atoms with van der Waals surface area (Å²) >= 11 is 0. The predicted octanol–water partition coefficient (Wildman–Crippen LogP) is 1.93. The monoisotopic (exact) mass is 231 g/mol. The molecule has 1 aromatic rings. The fourth-order valence-corrected chi connectivity index (χ4v) is 2.01. The van der Waals surface area contributed by atoms with Gasteiger partial charge in [-0.2, -0.15) is 0 Å². The largest absolute Gasteiger partial charge is 0.481 e. The van der Waals surface area contributed by atoms with E-state index in [0.717, 1.165) is 5.82 Å². The smallest absolute Gasteiger partial charge is 0.306 e. The van der Waals surface area contributed by atoms with Crippen LogP contribution in [0.3, 0.4) is 0 Å². The number of pyridine rings is 1. The standard InChI is InChI=1S/C12H13N3O2/c1-13-10-2-5-14-11(8-10)15-6-3-9(4-7-15)12(16)17/h2,5,8-9H,3-4,6-7H2,(H,16,17). The number of piperidine rings is 1. The summed E-state index contributed by atoms with van der Waals surface area (Å²) in [7, 11) is 0. The summed E-state index contributed by atoms with van der Waals surface area (Å²) in [6.07, 6.45) is 2.89. The first-order chi connectivity index (χ1) is 8.20. The van der Waals surface area contributed by atoms with E-state index < -0.39 is 5.97 Å². The van der Waals surface area contributed by atoms with Gasteiger partial charge in [0.2, 0.25) is 0 Å². The molecule has 0 aliphatic carbocycles. The Morgan fingerprint density at radius 1 is 1.53 bits per heavy atom. The number of rotatable bonds is 2. The van der Waals surface area contributed by atoms with Crippen LogP contribution in [0.15, 0.2) is 18.3 Å². The topological polar surface area (TPSA) is 57.8 Å². The molecular formula is C12H13N3O2. The lowest BCUT2D eigenvalue weighted by Crippen LogP contribution is -2.36. The average molecular weight is 231 g/mol. The van der Waals surface area contributed by atoms with Gasteiger partial charge in [0, 0.05) is 19.3 Å². The predicted molar refractivity (Wildman–Crippen MR) is 63.1 cm³/mol. The van der Waals surface area contributed by atoms with Crippen molar-refractivity contribution in [2.45, 2.75) is 12.8 Å². The molecule has 0 radical (unpaired) electrons. The van der Waals surface area contributed by atoms with Gasteiger partial charge in [-0.05, 0) is 25.0 Å². The molecule has 1 aromatic heterocycles. The third kappa shape index (κ3) is 2.53. The fourth-order valence-electron chi connectivity index (χ4n) is 2.01. The zero-order valence-electron chi connectivity index (χ0n) is 9.33. The van der Waals surface area contributed by atoms with Crippen LogP contribution in [0.4, 0.5) is 11.5 Å². The lowest BCUT2D eigenvalue weighted by Gasteiger charge is -2.31. The van der Waals surface area contributed by atoms with Crippen molar-refractivity contribution in [3.8, 4) is 0 Å². The SMILES string of the molecule is [C-]#[N+]c1ccnc(N2CCC(C(=O)O)CC2)c1. The quantitative estimate of drug-likeness (QED) is 0.790. The Balaban J connectivity index is 2.05. The summed E-state index contributed by atoms with van der Waals surface area (Å²) < 4.78 is 0. The fraction of sp³-hybridized carbons (Fsp3) is 0.417. The van der Waals surface area contributed by atoms with Gasteiger partial charge in [-0.15, -0.1) is 0 Å². The van der Waals surface area contributed by atoms with E-state index in [1.165, 1.54) is 0 Å². The lowest BCUT2D eigenvalue weighted by atomic mass is 9.97. The van der Waals surface area contributed by atoms with Gasteiger partial charge in [0.15, 0.2) is 5.69 Å². The molecular weight excluding hydrogens is 218 g/mol. The number of carboxylic acids is 1. The van der Waals surface area contributed by atoms with E-state index in [0.29, 0.717) is 31.6 Å². The highest BCUT2D eigenvalue weighted by atomic mass is 16.4. The van der Waals surface area contributed by atoms with Crippen molar-refractivity contribution in [1.82, 2.24) is 4.98 Å². The van der Waals surface area contributed by atoms with E-state index in [4.69, 9.17) is 11.7 Å². The number of nitrogens with zero attached hydrogens (tertiary/aromatic N) is 3. The van der Waals surface area contributed by atoms with Crippen LogP contribution in [0.5, 0.6) is 0 Å². The van der Waals surface area contributed by atoms with Crippen LogP contribution in [-0.4, -0.2) is 29.1 Å². The third-order valence-electron chi connectivity index (χ3n) is 3.03. The van der Waals surface area contributed by atoms with Crippen LogP contribution in [0, 0.1) is 12.5 Å². The second-order valence-corrected chi connectivity index (χ2v) is 4.08. The molecule has 1 aliphatic rings. The zero-order chi connectivity index (χ0) is 12.3. The number of hydrogen-bond donors (Lipinski definition) is 1. The Morgan fingerprint density at radius 2 is 2.24 bits per heavy atom. The molecule has 0 spiro atoms. The summed E-state index contributed by atoms with van der Waals surface area (Å²) in [4.78, 5) is 20.4. The zero-order valence-corrected chi connectivity index (χ0v) is 9.33. The molecule has 5 heteroatoms. The Labute approximate surface area is 99.5 Å². The number of carbonyl (C=O) groups is 1. The lowest BCUT2D eigenvalue weighted by molar-refractivity contribution is -0.142. The second-order valence-electron chi connectivity index (χ2n) is 4.08. The van der Waals surface area contributed by atoms with Crippen molar-refractivity contribution < 1.29 is 9.90 Å². The normalized spacial score (nSPS) is 16.5. The number of hydrogen-bond acceptors (Lipinski definition) is 3. The van der Waals surface area contributed by atoms with Crippen LogP contribution in [0.25, 0.3) is 4.85 Å². The Kier molecular flexibility index (Phi) is 3.24. The summed E-state index contributed by atoms with van der Waals surface area (Å²) in [5.41, 5.74) is 0.565. The molecule has 2 heterocycles. The summed E-state index contributed by atoms with van der Waals surface area (Å²) in [6, 6.07) is 3.41. The van der Waals surface area contributed by atoms with Crippen molar-refractivity contribution in [2.75, 3.05) is 18.0 Å². The summed E-state index contributed by atoms with van der Waals surface area (Å²) in [5, 5.41) is 8.90. The van der Waals surface area contributed by atoms with Crippen LogP contribution < -0.4 is 4.90 Å². The highest BCUT2D eigenvalue weighted by Crippen LogP contribution is 2.24. The van der Waals surface area contributed by atoms with Crippen LogP contribution in [0.2, 0.25) is 0 Å². The molecule has 1 saturated heterocycles. The molecule has 0 unspecified atom stereocenters. The molecule has 1 aliphatic heterocycles. The Bertz CT molecular complexity index is 459. The first-order valence-electron chi connectivity index (χ1n) is 5.52.